The number of piperidine rings is 1. The predicted octanol–water partition coefficient (Wildman–Crippen LogP) is 2.61. The molecule has 0 unspecified atom stereocenters. The van der Waals surface area contributed by atoms with Gasteiger partial charge in [0.25, 0.3) is 5.91 Å². The molecule has 2 heterocycles. The van der Waals surface area contributed by atoms with E-state index in [1.165, 1.54) is 16.8 Å². The van der Waals surface area contributed by atoms with E-state index in [0.29, 0.717) is 17.1 Å². The Balaban J connectivity index is 0.00000225. The molecule has 1 aliphatic heterocycles. The summed E-state index contributed by atoms with van der Waals surface area (Å²) in [5, 5.41) is 11.3. The fourth-order valence-electron chi connectivity index (χ4n) is 2.92. The summed E-state index contributed by atoms with van der Waals surface area (Å²) in [5.74, 6) is -0.654. The summed E-state index contributed by atoms with van der Waals surface area (Å²) >= 11 is 5.82. The highest BCUT2D eigenvalue weighted by Gasteiger charge is 2.27. The van der Waals surface area contributed by atoms with Crippen LogP contribution in [0, 0.1) is 12.7 Å². The Labute approximate surface area is 156 Å². The Kier molecular flexibility index (Phi) is 6.37. The van der Waals surface area contributed by atoms with Gasteiger partial charge in [-0.2, -0.15) is 0 Å². The highest BCUT2D eigenvalue weighted by Crippen LogP contribution is 2.21. The third-order valence-corrected chi connectivity index (χ3v) is 4.71. The highest BCUT2D eigenvalue weighted by atomic mass is 35.5. The van der Waals surface area contributed by atoms with Gasteiger partial charge in [-0.15, -0.1) is 17.5 Å². The first-order chi connectivity index (χ1) is 11.5. The molecule has 136 valence electrons. The molecule has 3 rings (SSSR count). The SMILES string of the molecule is Cc1c(C(=O)N(C)C2CCNCC2)nnn1-c1ccc(F)c(Cl)c1.Cl. The Morgan fingerprint density at radius 2 is 2.08 bits per heavy atom. The molecule has 1 fully saturated rings. The van der Waals surface area contributed by atoms with Gasteiger partial charge in [-0.05, 0) is 51.1 Å². The number of halogens is 3. The largest absolute Gasteiger partial charge is 0.337 e. The molecule has 1 aliphatic rings. The molecule has 1 amide bonds. The molecule has 0 radical (unpaired) electrons. The quantitative estimate of drug-likeness (QED) is 0.878. The number of benzene rings is 1. The maximum absolute atomic E-state index is 13.3. The number of nitrogens with one attached hydrogen (secondary N) is 1. The maximum Gasteiger partial charge on any atom is 0.276 e. The van der Waals surface area contributed by atoms with Crippen molar-refractivity contribution in [1.82, 2.24) is 25.2 Å². The molecule has 0 atom stereocenters. The average molecular weight is 388 g/mol. The van der Waals surface area contributed by atoms with E-state index in [2.05, 4.69) is 15.6 Å². The molecule has 1 N–H and O–H groups in total. The number of hydrogen-bond donors (Lipinski definition) is 1. The third-order valence-electron chi connectivity index (χ3n) is 4.42. The van der Waals surface area contributed by atoms with Crippen molar-refractivity contribution in [3.05, 3.63) is 40.4 Å². The van der Waals surface area contributed by atoms with E-state index in [4.69, 9.17) is 11.6 Å². The molecule has 1 saturated heterocycles. The molecule has 25 heavy (non-hydrogen) atoms. The fraction of sp³-hybridized carbons (Fsp3) is 0.438. The normalized spacial score (nSPS) is 14.9. The zero-order chi connectivity index (χ0) is 17.3. The molecule has 2 aromatic rings. The second-order valence-corrected chi connectivity index (χ2v) is 6.34. The Hall–Kier alpha value is -1.70. The van der Waals surface area contributed by atoms with Crippen LogP contribution < -0.4 is 5.32 Å². The zero-order valence-corrected chi connectivity index (χ0v) is 15.6. The molecule has 1 aromatic heterocycles. The Bertz CT molecular complexity index is 761. The standard InChI is InChI=1S/C16H19ClFN5O.ClH/c1-10-15(16(24)22(2)11-5-7-19-8-6-11)20-21-23(10)12-3-4-14(18)13(17)9-12;/h3-4,9,11,19H,5-8H2,1-2H3;1H. The van der Waals surface area contributed by atoms with Crippen molar-refractivity contribution in [2.75, 3.05) is 20.1 Å². The van der Waals surface area contributed by atoms with E-state index < -0.39 is 5.82 Å². The van der Waals surface area contributed by atoms with Crippen molar-refractivity contribution >= 4 is 29.9 Å². The van der Waals surface area contributed by atoms with Crippen LogP contribution >= 0.6 is 24.0 Å². The Morgan fingerprint density at radius 1 is 1.40 bits per heavy atom. The van der Waals surface area contributed by atoms with Gasteiger partial charge < -0.3 is 10.2 Å². The first kappa shape index (κ1) is 19.6. The van der Waals surface area contributed by atoms with E-state index in [-0.39, 0.29) is 29.4 Å². The van der Waals surface area contributed by atoms with Crippen LogP contribution in [0.25, 0.3) is 5.69 Å². The summed E-state index contributed by atoms with van der Waals surface area (Å²) < 4.78 is 14.8. The smallest absolute Gasteiger partial charge is 0.276 e. The van der Waals surface area contributed by atoms with Gasteiger partial charge in [-0.25, -0.2) is 9.07 Å². The van der Waals surface area contributed by atoms with Crippen molar-refractivity contribution in [2.24, 2.45) is 0 Å². The van der Waals surface area contributed by atoms with E-state index in [0.717, 1.165) is 25.9 Å². The van der Waals surface area contributed by atoms with Crippen molar-refractivity contribution in [3.63, 3.8) is 0 Å². The molecular formula is C16H20Cl2FN5O. The molecule has 9 heteroatoms. The summed E-state index contributed by atoms with van der Waals surface area (Å²) in [5.41, 5.74) is 1.47. The Morgan fingerprint density at radius 3 is 2.72 bits per heavy atom. The summed E-state index contributed by atoms with van der Waals surface area (Å²) in [4.78, 5) is 14.5. The van der Waals surface area contributed by atoms with Crippen molar-refractivity contribution < 1.29 is 9.18 Å². The molecule has 0 aliphatic carbocycles. The van der Waals surface area contributed by atoms with Crippen LogP contribution in [0.5, 0.6) is 0 Å². The molecule has 1 aromatic carbocycles. The summed E-state index contributed by atoms with van der Waals surface area (Å²) in [6, 6.07) is 4.47. The van der Waals surface area contributed by atoms with Crippen LogP contribution in [0.4, 0.5) is 4.39 Å². The van der Waals surface area contributed by atoms with Crippen LogP contribution in [0.1, 0.15) is 29.0 Å². The second kappa shape index (κ2) is 8.12. The van der Waals surface area contributed by atoms with Gasteiger partial charge in [-0.1, -0.05) is 16.8 Å². The first-order valence-electron chi connectivity index (χ1n) is 7.84. The van der Waals surface area contributed by atoms with Crippen molar-refractivity contribution in [3.8, 4) is 5.69 Å². The van der Waals surface area contributed by atoms with E-state index in [9.17, 15) is 9.18 Å². The minimum Gasteiger partial charge on any atom is -0.337 e. The van der Waals surface area contributed by atoms with Crippen LogP contribution in [-0.2, 0) is 0 Å². The molecular weight excluding hydrogens is 368 g/mol. The fourth-order valence-corrected chi connectivity index (χ4v) is 3.09. The van der Waals surface area contributed by atoms with E-state index >= 15 is 0 Å². The number of nitrogens with zero attached hydrogens (tertiary/aromatic N) is 4. The number of carbonyl (C=O) groups is 1. The molecule has 0 saturated carbocycles. The van der Waals surface area contributed by atoms with Crippen molar-refractivity contribution in [1.29, 1.82) is 0 Å². The number of amides is 1. The zero-order valence-electron chi connectivity index (χ0n) is 14.0. The van der Waals surface area contributed by atoms with E-state index in [1.807, 2.05) is 0 Å². The van der Waals surface area contributed by atoms with Crippen LogP contribution in [0.15, 0.2) is 18.2 Å². The number of rotatable bonds is 3. The summed E-state index contributed by atoms with van der Waals surface area (Å²) in [6.45, 7) is 3.57. The lowest BCUT2D eigenvalue weighted by Crippen LogP contribution is -2.44. The minimum absolute atomic E-state index is 0. The third kappa shape index (κ3) is 3.94. The number of hydrogen-bond acceptors (Lipinski definition) is 4. The van der Waals surface area contributed by atoms with Gasteiger partial charge in [-0.3, -0.25) is 4.79 Å². The number of aromatic nitrogens is 3. The molecule has 0 bridgehead atoms. The predicted molar refractivity (Wildman–Crippen MR) is 96.3 cm³/mol. The van der Waals surface area contributed by atoms with Crippen LogP contribution in [-0.4, -0.2) is 52.0 Å². The van der Waals surface area contributed by atoms with Gasteiger partial charge in [0.1, 0.15) is 5.82 Å². The topological polar surface area (TPSA) is 63.1 Å². The van der Waals surface area contributed by atoms with Crippen molar-refractivity contribution in [2.45, 2.75) is 25.8 Å². The van der Waals surface area contributed by atoms with Gasteiger partial charge in [0.2, 0.25) is 0 Å². The van der Waals surface area contributed by atoms with Gasteiger partial charge >= 0.3 is 0 Å². The second-order valence-electron chi connectivity index (χ2n) is 5.93. The van der Waals surface area contributed by atoms with Gasteiger partial charge in [0.15, 0.2) is 5.69 Å². The summed E-state index contributed by atoms with van der Waals surface area (Å²) in [7, 11) is 1.80. The molecule has 6 nitrogen and oxygen atoms in total. The maximum atomic E-state index is 13.3. The first-order valence-corrected chi connectivity index (χ1v) is 8.22. The monoisotopic (exact) mass is 387 g/mol. The lowest BCUT2D eigenvalue weighted by Gasteiger charge is -2.31. The summed E-state index contributed by atoms with van der Waals surface area (Å²) in [6.07, 6.45) is 1.84. The van der Waals surface area contributed by atoms with E-state index in [1.54, 1.807) is 24.9 Å². The average Bonchev–Trinajstić information content (AvgIpc) is 2.98. The highest BCUT2D eigenvalue weighted by molar-refractivity contribution is 6.30. The molecule has 0 spiro atoms. The van der Waals surface area contributed by atoms with Gasteiger partial charge in [0, 0.05) is 13.1 Å². The van der Waals surface area contributed by atoms with Crippen LogP contribution in [0.2, 0.25) is 5.02 Å². The van der Waals surface area contributed by atoms with Crippen LogP contribution in [0.3, 0.4) is 0 Å². The number of carbonyl (C=O) groups excluding carboxylic acids is 1. The lowest BCUT2D eigenvalue weighted by atomic mass is 10.0. The lowest BCUT2D eigenvalue weighted by molar-refractivity contribution is 0.0696. The minimum atomic E-state index is -0.500. The van der Waals surface area contributed by atoms with Gasteiger partial charge in [0.05, 0.1) is 16.4 Å².